The summed E-state index contributed by atoms with van der Waals surface area (Å²) in [5.74, 6) is 2.76. The van der Waals surface area contributed by atoms with Crippen LogP contribution in [0.2, 0.25) is 0 Å². The zero-order valence-electron chi connectivity index (χ0n) is 23.5. The van der Waals surface area contributed by atoms with Crippen LogP contribution in [0.15, 0.2) is 12.2 Å². The molecule has 0 radical (unpaired) electrons. The Morgan fingerprint density at radius 2 is 1.54 bits per heavy atom. The van der Waals surface area contributed by atoms with E-state index in [-0.39, 0.29) is 33.7 Å². The molecule has 0 bridgehead atoms. The van der Waals surface area contributed by atoms with Crippen LogP contribution in [-0.2, 0) is 14.3 Å². The fraction of sp³-hybridized carbons (Fsp3) is 0.875. The molecule has 2 unspecified atom stereocenters. The number of hydrogen-bond acceptors (Lipinski definition) is 3. The van der Waals surface area contributed by atoms with Crippen LogP contribution in [0.25, 0.3) is 0 Å². The number of esters is 1. The molecule has 5 fully saturated rings. The monoisotopic (exact) mass is 482 g/mol. The SMILES string of the molecule is C=C(C)[C@@H]1CC[C@]2(C=O)CC[C@]3(C)[C@H](CC[C@@H]4[C@@]5(C)CC[C@H](OC(C)=O)C(C)(C)C5CC[C@]43C)C12. The molecular weight excluding hydrogens is 432 g/mol. The van der Waals surface area contributed by atoms with Crippen molar-refractivity contribution in [2.75, 3.05) is 0 Å². The third-order valence-electron chi connectivity index (χ3n) is 13.6. The van der Waals surface area contributed by atoms with E-state index in [9.17, 15) is 9.59 Å². The van der Waals surface area contributed by atoms with Gasteiger partial charge in [-0.05, 0) is 117 Å². The molecule has 0 N–H and O–H groups in total. The Balaban J connectivity index is 1.51. The highest BCUT2D eigenvalue weighted by atomic mass is 16.5. The van der Waals surface area contributed by atoms with E-state index in [0.717, 1.165) is 32.1 Å². The second-order valence-corrected chi connectivity index (χ2v) is 15.0. The Bertz CT molecular complexity index is 920. The molecular formula is C32H50O3. The summed E-state index contributed by atoms with van der Waals surface area (Å²) in [5, 5.41) is 0. The molecule has 0 aromatic carbocycles. The van der Waals surface area contributed by atoms with E-state index in [1.807, 2.05) is 0 Å². The first-order valence-corrected chi connectivity index (χ1v) is 14.6. The molecule has 5 rings (SSSR count). The molecule has 3 nitrogen and oxygen atoms in total. The van der Waals surface area contributed by atoms with Gasteiger partial charge in [0.05, 0.1) is 0 Å². The highest BCUT2D eigenvalue weighted by Gasteiger charge is 2.71. The molecule has 0 saturated heterocycles. The van der Waals surface area contributed by atoms with Gasteiger partial charge in [-0.3, -0.25) is 4.79 Å². The average Bonchev–Trinajstić information content (AvgIpc) is 3.16. The van der Waals surface area contributed by atoms with Crippen molar-refractivity contribution < 1.29 is 14.3 Å². The van der Waals surface area contributed by atoms with Crippen LogP contribution < -0.4 is 0 Å². The summed E-state index contributed by atoms with van der Waals surface area (Å²) in [6.07, 6.45) is 13.1. The van der Waals surface area contributed by atoms with Crippen molar-refractivity contribution in [2.45, 2.75) is 119 Å². The van der Waals surface area contributed by atoms with Crippen molar-refractivity contribution in [3.05, 3.63) is 12.2 Å². The lowest BCUT2D eigenvalue weighted by Crippen LogP contribution is -2.66. The smallest absolute Gasteiger partial charge is 0.302 e. The van der Waals surface area contributed by atoms with E-state index in [1.54, 1.807) is 6.92 Å². The highest BCUT2D eigenvalue weighted by Crippen LogP contribution is 2.77. The van der Waals surface area contributed by atoms with E-state index in [2.05, 4.69) is 48.1 Å². The number of ether oxygens (including phenoxy) is 1. The van der Waals surface area contributed by atoms with Crippen molar-refractivity contribution in [2.24, 2.45) is 56.7 Å². The Kier molecular flexibility index (Phi) is 5.79. The Morgan fingerprint density at radius 3 is 2.17 bits per heavy atom. The van der Waals surface area contributed by atoms with Gasteiger partial charge in [0.25, 0.3) is 0 Å². The van der Waals surface area contributed by atoms with Gasteiger partial charge < -0.3 is 9.53 Å². The minimum atomic E-state index is -0.134. The minimum absolute atomic E-state index is 0.00743. The molecule has 0 aromatic heterocycles. The van der Waals surface area contributed by atoms with E-state index in [0.29, 0.717) is 35.0 Å². The lowest BCUT2D eigenvalue weighted by molar-refractivity contribution is -0.247. The van der Waals surface area contributed by atoms with Gasteiger partial charge >= 0.3 is 5.97 Å². The van der Waals surface area contributed by atoms with Crippen molar-refractivity contribution in [3.8, 4) is 0 Å². The number of carbonyl (C=O) groups excluding carboxylic acids is 2. The third kappa shape index (κ3) is 3.21. The summed E-state index contributed by atoms with van der Waals surface area (Å²) in [7, 11) is 0. The van der Waals surface area contributed by atoms with Crippen LogP contribution in [0.5, 0.6) is 0 Å². The number of allylic oxidation sites excluding steroid dienone is 1. The maximum Gasteiger partial charge on any atom is 0.302 e. The van der Waals surface area contributed by atoms with E-state index >= 15 is 0 Å². The van der Waals surface area contributed by atoms with Crippen molar-refractivity contribution in [1.29, 1.82) is 0 Å². The average molecular weight is 483 g/mol. The second kappa shape index (κ2) is 7.94. The predicted molar refractivity (Wildman–Crippen MR) is 141 cm³/mol. The van der Waals surface area contributed by atoms with Gasteiger partial charge in [0.2, 0.25) is 0 Å². The molecule has 3 heteroatoms. The molecule has 0 aliphatic heterocycles. The van der Waals surface area contributed by atoms with Crippen LogP contribution in [0.1, 0.15) is 113 Å². The molecule has 10 atom stereocenters. The summed E-state index contributed by atoms with van der Waals surface area (Å²) in [6, 6.07) is 0. The topological polar surface area (TPSA) is 43.4 Å². The largest absolute Gasteiger partial charge is 0.462 e. The van der Waals surface area contributed by atoms with Gasteiger partial charge in [0.1, 0.15) is 12.4 Å². The van der Waals surface area contributed by atoms with Gasteiger partial charge in [-0.15, -0.1) is 0 Å². The number of rotatable bonds is 3. The zero-order valence-corrected chi connectivity index (χ0v) is 23.5. The summed E-state index contributed by atoms with van der Waals surface area (Å²) in [4.78, 5) is 24.5. The van der Waals surface area contributed by atoms with Gasteiger partial charge in [0, 0.05) is 17.8 Å². The van der Waals surface area contributed by atoms with Gasteiger partial charge in [0.15, 0.2) is 0 Å². The molecule has 0 aromatic rings. The summed E-state index contributed by atoms with van der Waals surface area (Å²) < 4.78 is 5.89. The van der Waals surface area contributed by atoms with Crippen molar-refractivity contribution in [3.63, 3.8) is 0 Å². The van der Waals surface area contributed by atoms with Crippen LogP contribution in [-0.4, -0.2) is 18.4 Å². The second-order valence-electron chi connectivity index (χ2n) is 15.0. The molecule has 5 aliphatic carbocycles. The first-order valence-electron chi connectivity index (χ1n) is 14.6. The Hall–Kier alpha value is -1.12. The molecule has 5 aliphatic rings. The third-order valence-corrected chi connectivity index (χ3v) is 13.6. The van der Waals surface area contributed by atoms with Crippen LogP contribution in [0.3, 0.4) is 0 Å². The van der Waals surface area contributed by atoms with Crippen molar-refractivity contribution >= 4 is 12.3 Å². The lowest BCUT2D eigenvalue weighted by Gasteiger charge is -2.72. The molecule has 0 heterocycles. The Labute approximate surface area is 214 Å². The van der Waals surface area contributed by atoms with E-state index in [1.165, 1.54) is 44.0 Å². The number of aldehydes is 1. The number of carbonyl (C=O) groups is 2. The summed E-state index contributed by atoms with van der Waals surface area (Å²) in [5.41, 5.74) is 2.05. The van der Waals surface area contributed by atoms with Crippen molar-refractivity contribution in [1.82, 2.24) is 0 Å². The molecule has 196 valence electrons. The number of fused-ring (bicyclic) bond motifs is 7. The zero-order chi connectivity index (χ0) is 25.6. The standard InChI is InChI=1S/C32H50O3/c1-20(2)22-11-16-32(19-33)18-17-30(7)23(27(22)32)9-10-25-29(6)14-13-26(35-21(3)34)28(4,5)24(29)12-15-31(25,30)8/h19,22-27H,1,9-18H2,2-8H3/t22-,23+,24?,25+,26-,27?,29-,30+,31+,32+/m0/s1. The molecule has 35 heavy (non-hydrogen) atoms. The van der Waals surface area contributed by atoms with Crippen LogP contribution in [0.4, 0.5) is 0 Å². The lowest BCUT2D eigenvalue weighted by atomic mass is 9.32. The normalized spacial score (nSPS) is 52.3. The fourth-order valence-corrected chi connectivity index (χ4v) is 11.8. The summed E-state index contributed by atoms with van der Waals surface area (Å²) in [6.45, 7) is 20.8. The van der Waals surface area contributed by atoms with Gasteiger partial charge in [-0.25, -0.2) is 0 Å². The number of hydrogen-bond donors (Lipinski definition) is 0. The van der Waals surface area contributed by atoms with Gasteiger partial charge in [-0.2, -0.15) is 0 Å². The maximum absolute atomic E-state index is 12.6. The molecule has 5 saturated carbocycles. The van der Waals surface area contributed by atoms with Gasteiger partial charge in [-0.1, -0.05) is 46.8 Å². The van der Waals surface area contributed by atoms with E-state index in [4.69, 9.17) is 4.74 Å². The maximum atomic E-state index is 12.6. The predicted octanol–water partition coefficient (Wildman–Crippen LogP) is 7.77. The summed E-state index contributed by atoms with van der Waals surface area (Å²) >= 11 is 0. The quantitative estimate of drug-likeness (QED) is 0.234. The highest BCUT2D eigenvalue weighted by molar-refractivity contribution is 5.66. The Morgan fingerprint density at radius 1 is 0.829 bits per heavy atom. The first-order chi connectivity index (χ1) is 16.3. The fourth-order valence-electron chi connectivity index (χ4n) is 11.8. The van der Waals surface area contributed by atoms with Crippen LogP contribution in [0, 0.1) is 56.7 Å². The minimum Gasteiger partial charge on any atom is -0.462 e. The first kappa shape index (κ1) is 25.5. The van der Waals surface area contributed by atoms with Crippen LogP contribution >= 0.6 is 0 Å². The molecule has 0 amide bonds. The molecule has 0 spiro atoms. The van der Waals surface area contributed by atoms with E-state index < -0.39 is 0 Å².